The Morgan fingerprint density at radius 3 is 2.73 bits per heavy atom. The molecule has 1 aliphatic rings. The molecule has 1 amide bonds. The summed E-state index contributed by atoms with van der Waals surface area (Å²) < 4.78 is 0. The molecule has 6 nitrogen and oxygen atoms in total. The highest BCUT2D eigenvalue weighted by Gasteiger charge is 2.34. The summed E-state index contributed by atoms with van der Waals surface area (Å²) in [4.78, 5) is 14.8. The Balaban J connectivity index is 1.51. The second kappa shape index (κ2) is 6.88. The number of hydrogen-bond acceptors (Lipinski definition) is 4. The van der Waals surface area contributed by atoms with E-state index in [0.717, 1.165) is 17.1 Å². The molecule has 3 aromatic rings. The van der Waals surface area contributed by atoms with Crippen molar-refractivity contribution in [2.45, 2.75) is 12.8 Å². The van der Waals surface area contributed by atoms with Crippen LogP contribution in [0.1, 0.15) is 28.9 Å². The van der Waals surface area contributed by atoms with Gasteiger partial charge in [0.15, 0.2) is 0 Å². The smallest absolute Gasteiger partial charge is 0.271 e. The third-order valence-corrected chi connectivity index (χ3v) is 5.14. The predicted molar refractivity (Wildman–Crippen MR) is 98.9 cm³/mol. The van der Waals surface area contributed by atoms with Gasteiger partial charge in [0.2, 0.25) is 0 Å². The summed E-state index contributed by atoms with van der Waals surface area (Å²) in [6, 6.07) is 11.5. The molecule has 26 heavy (non-hydrogen) atoms. The molecule has 132 valence electrons. The van der Waals surface area contributed by atoms with Crippen molar-refractivity contribution in [3.05, 3.63) is 65.1 Å². The number of halogens is 1. The van der Waals surface area contributed by atoms with Gasteiger partial charge in [0.1, 0.15) is 5.69 Å². The van der Waals surface area contributed by atoms with Gasteiger partial charge in [-0.15, -0.1) is 0 Å². The number of rotatable bonds is 3. The van der Waals surface area contributed by atoms with Gasteiger partial charge in [-0.3, -0.25) is 9.89 Å². The van der Waals surface area contributed by atoms with E-state index in [1.807, 2.05) is 35.2 Å². The summed E-state index contributed by atoms with van der Waals surface area (Å²) >= 11 is 5.98. The fourth-order valence-corrected chi connectivity index (χ4v) is 3.59. The fourth-order valence-electron chi connectivity index (χ4n) is 3.47. The molecule has 1 saturated heterocycles. The number of aromatic amines is 1. The van der Waals surface area contributed by atoms with Gasteiger partial charge < -0.3 is 4.90 Å². The molecule has 3 heterocycles. The summed E-state index contributed by atoms with van der Waals surface area (Å²) in [6.07, 6.45) is 3.23. The van der Waals surface area contributed by atoms with Crippen LogP contribution in [0, 0.1) is 5.92 Å². The number of nitrogens with zero attached hydrogens (tertiary/aromatic N) is 4. The Bertz CT molecular complexity index is 909. The minimum atomic E-state index is -0.0333. The predicted octanol–water partition coefficient (Wildman–Crippen LogP) is 3.40. The molecule has 1 N–H and O–H groups in total. The Hall–Kier alpha value is -2.73. The fraction of sp³-hybridized carbons (Fsp3) is 0.263. The third-order valence-electron chi connectivity index (χ3n) is 4.89. The van der Waals surface area contributed by atoms with Crippen LogP contribution in [-0.2, 0) is 0 Å². The van der Waals surface area contributed by atoms with Gasteiger partial charge in [-0.2, -0.15) is 15.3 Å². The number of H-pyrrole nitrogens is 1. The number of aromatic nitrogens is 4. The van der Waals surface area contributed by atoms with Crippen molar-refractivity contribution in [3.8, 4) is 11.3 Å². The zero-order valence-corrected chi connectivity index (χ0v) is 15.0. The maximum atomic E-state index is 12.9. The van der Waals surface area contributed by atoms with E-state index < -0.39 is 0 Å². The van der Waals surface area contributed by atoms with E-state index in [1.165, 1.54) is 5.56 Å². The van der Waals surface area contributed by atoms with Gasteiger partial charge in [-0.25, -0.2) is 0 Å². The van der Waals surface area contributed by atoms with Crippen LogP contribution in [0.4, 0.5) is 0 Å². The number of hydrogen-bond donors (Lipinski definition) is 1. The van der Waals surface area contributed by atoms with Crippen molar-refractivity contribution in [3.63, 3.8) is 0 Å². The van der Waals surface area contributed by atoms with Crippen LogP contribution in [0.15, 0.2) is 48.8 Å². The van der Waals surface area contributed by atoms with Crippen molar-refractivity contribution in [1.82, 2.24) is 25.3 Å². The standard InChI is InChI=1S/C19H18ClN5O/c1-12-10-25(11-16(12)13-2-4-15(20)5-3-13)19(26)18-8-17(23-24-18)14-6-7-21-22-9-14/h2-9,12,16H,10-11H2,1H3,(H,23,24)/t12-,16-/m0/s1. The van der Waals surface area contributed by atoms with Crippen LogP contribution in [0.3, 0.4) is 0 Å². The van der Waals surface area contributed by atoms with Crippen LogP contribution in [0.2, 0.25) is 5.02 Å². The van der Waals surface area contributed by atoms with Gasteiger partial charge in [0.25, 0.3) is 5.91 Å². The van der Waals surface area contributed by atoms with Crippen molar-refractivity contribution >= 4 is 17.5 Å². The first kappa shape index (κ1) is 16.7. The first-order valence-electron chi connectivity index (χ1n) is 8.49. The lowest BCUT2D eigenvalue weighted by atomic mass is 9.90. The van der Waals surface area contributed by atoms with E-state index in [2.05, 4.69) is 27.3 Å². The number of carbonyl (C=O) groups excluding carboxylic acids is 1. The molecule has 0 aliphatic carbocycles. The maximum absolute atomic E-state index is 12.9. The van der Waals surface area contributed by atoms with Crippen molar-refractivity contribution in [2.24, 2.45) is 5.92 Å². The second-order valence-electron chi connectivity index (χ2n) is 6.64. The molecule has 0 bridgehead atoms. The number of nitrogens with one attached hydrogen (secondary N) is 1. The minimum Gasteiger partial charge on any atom is -0.336 e. The number of amides is 1. The number of likely N-dealkylation sites (tertiary alicyclic amines) is 1. The zero-order valence-electron chi connectivity index (χ0n) is 14.3. The van der Waals surface area contributed by atoms with Gasteiger partial charge in [0, 0.05) is 29.6 Å². The Morgan fingerprint density at radius 1 is 1.19 bits per heavy atom. The number of carbonyl (C=O) groups is 1. The first-order chi connectivity index (χ1) is 12.6. The van der Waals surface area contributed by atoms with Crippen molar-refractivity contribution in [1.29, 1.82) is 0 Å². The SMILES string of the molecule is C[C@H]1CN(C(=O)c2cc(-c3ccnnc3)n[nH]2)C[C@@H]1c1ccc(Cl)cc1. The summed E-state index contributed by atoms with van der Waals surface area (Å²) in [5.41, 5.74) is 3.21. The van der Waals surface area contributed by atoms with Gasteiger partial charge in [-0.1, -0.05) is 30.7 Å². The second-order valence-corrected chi connectivity index (χ2v) is 7.08. The van der Waals surface area contributed by atoms with Gasteiger partial charge in [-0.05, 0) is 35.7 Å². The normalized spacial score (nSPS) is 19.7. The van der Waals surface area contributed by atoms with Crippen LogP contribution >= 0.6 is 11.6 Å². The van der Waals surface area contributed by atoms with Crippen LogP contribution < -0.4 is 0 Å². The maximum Gasteiger partial charge on any atom is 0.271 e. The van der Waals surface area contributed by atoms with Crippen LogP contribution in [-0.4, -0.2) is 44.3 Å². The van der Waals surface area contributed by atoms with Crippen molar-refractivity contribution in [2.75, 3.05) is 13.1 Å². The minimum absolute atomic E-state index is 0.0333. The molecule has 1 fully saturated rings. The Labute approximate surface area is 156 Å². The molecule has 2 aromatic heterocycles. The molecular weight excluding hydrogens is 350 g/mol. The monoisotopic (exact) mass is 367 g/mol. The molecule has 4 rings (SSSR count). The van der Waals surface area contributed by atoms with Crippen LogP contribution in [0.25, 0.3) is 11.3 Å². The molecule has 2 atom stereocenters. The molecule has 0 radical (unpaired) electrons. The van der Waals surface area contributed by atoms with E-state index in [0.29, 0.717) is 29.8 Å². The molecule has 0 unspecified atom stereocenters. The van der Waals surface area contributed by atoms with E-state index in [1.54, 1.807) is 18.5 Å². The van der Waals surface area contributed by atoms with E-state index in [-0.39, 0.29) is 5.91 Å². The summed E-state index contributed by atoms with van der Waals surface area (Å²) in [5.74, 6) is 0.656. The largest absolute Gasteiger partial charge is 0.336 e. The quantitative estimate of drug-likeness (QED) is 0.769. The molecule has 7 heteroatoms. The molecule has 0 spiro atoms. The third kappa shape index (κ3) is 3.20. The Morgan fingerprint density at radius 2 is 2.00 bits per heavy atom. The topological polar surface area (TPSA) is 74.8 Å². The summed E-state index contributed by atoms with van der Waals surface area (Å²) in [6.45, 7) is 3.58. The Kier molecular flexibility index (Phi) is 4.42. The average Bonchev–Trinajstić information content (AvgIpc) is 3.30. The lowest BCUT2D eigenvalue weighted by molar-refractivity contribution is 0.0781. The summed E-state index contributed by atoms with van der Waals surface area (Å²) in [7, 11) is 0. The molecular formula is C19H18ClN5O. The highest BCUT2D eigenvalue weighted by atomic mass is 35.5. The van der Waals surface area contributed by atoms with E-state index in [9.17, 15) is 4.79 Å². The molecule has 1 aromatic carbocycles. The molecule has 1 aliphatic heterocycles. The average molecular weight is 368 g/mol. The van der Waals surface area contributed by atoms with E-state index >= 15 is 0 Å². The van der Waals surface area contributed by atoms with Crippen LogP contribution in [0.5, 0.6) is 0 Å². The van der Waals surface area contributed by atoms with Gasteiger partial charge >= 0.3 is 0 Å². The van der Waals surface area contributed by atoms with E-state index in [4.69, 9.17) is 11.6 Å². The number of benzene rings is 1. The lowest BCUT2D eigenvalue weighted by Gasteiger charge is -2.16. The van der Waals surface area contributed by atoms with Gasteiger partial charge in [0.05, 0.1) is 18.1 Å². The highest BCUT2D eigenvalue weighted by molar-refractivity contribution is 6.30. The highest BCUT2D eigenvalue weighted by Crippen LogP contribution is 2.33. The van der Waals surface area contributed by atoms with Crippen molar-refractivity contribution < 1.29 is 4.79 Å². The lowest BCUT2D eigenvalue weighted by Crippen LogP contribution is -2.29. The zero-order chi connectivity index (χ0) is 18.1. The summed E-state index contributed by atoms with van der Waals surface area (Å²) in [5, 5.41) is 15.4. The first-order valence-corrected chi connectivity index (χ1v) is 8.87. The molecule has 0 saturated carbocycles.